The predicted octanol–water partition coefficient (Wildman–Crippen LogP) is 1.38. The van der Waals surface area contributed by atoms with Crippen LogP contribution in [0.25, 0.3) is 0 Å². The summed E-state index contributed by atoms with van der Waals surface area (Å²) in [5, 5.41) is 17.6. The predicted molar refractivity (Wildman–Crippen MR) is 59.4 cm³/mol. The molecular formula is C11H15BF2O2. The number of benzene rings is 1. The Bertz CT molecular complexity index is 356. The highest BCUT2D eigenvalue weighted by atomic mass is 19.2. The van der Waals surface area contributed by atoms with Crippen molar-refractivity contribution in [1.82, 2.24) is 0 Å². The van der Waals surface area contributed by atoms with E-state index in [4.69, 9.17) is 10.0 Å². The van der Waals surface area contributed by atoms with Crippen LogP contribution in [0.5, 0.6) is 0 Å². The molecule has 16 heavy (non-hydrogen) atoms. The minimum atomic E-state index is -1.97. The Balaban J connectivity index is 2.85. The molecule has 0 saturated heterocycles. The van der Waals surface area contributed by atoms with E-state index >= 15 is 0 Å². The highest BCUT2D eigenvalue weighted by Gasteiger charge is 2.21. The monoisotopic (exact) mass is 228 g/mol. The Morgan fingerprint density at radius 3 is 2.38 bits per heavy atom. The van der Waals surface area contributed by atoms with Crippen LogP contribution in [0.4, 0.5) is 8.78 Å². The third-order valence-electron chi connectivity index (χ3n) is 2.52. The first-order chi connectivity index (χ1) is 7.57. The second kappa shape index (κ2) is 5.96. The lowest BCUT2D eigenvalue weighted by molar-refractivity contribution is 0.419. The number of hydrogen-bond donors (Lipinski definition) is 2. The molecule has 0 radical (unpaired) electrons. The van der Waals surface area contributed by atoms with Crippen LogP contribution in [0.15, 0.2) is 12.1 Å². The summed E-state index contributed by atoms with van der Waals surface area (Å²) in [6, 6.07) is 2.62. The van der Waals surface area contributed by atoms with Gasteiger partial charge in [-0.3, -0.25) is 0 Å². The molecule has 0 unspecified atom stereocenters. The molecule has 0 aromatic heterocycles. The van der Waals surface area contributed by atoms with Gasteiger partial charge in [0.25, 0.3) is 0 Å². The van der Waals surface area contributed by atoms with Crippen molar-refractivity contribution in [1.29, 1.82) is 0 Å². The van der Waals surface area contributed by atoms with Crippen molar-refractivity contribution in [2.24, 2.45) is 0 Å². The molecule has 0 amide bonds. The molecule has 0 bridgehead atoms. The molecule has 5 heteroatoms. The van der Waals surface area contributed by atoms with Crippen molar-refractivity contribution < 1.29 is 18.8 Å². The Labute approximate surface area is 94.1 Å². The quantitative estimate of drug-likeness (QED) is 0.590. The highest BCUT2D eigenvalue weighted by molar-refractivity contribution is 6.58. The Hall–Kier alpha value is -0.935. The first-order valence-corrected chi connectivity index (χ1v) is 5.40. The lowest BCUT2D eigenvalue weighted by Gasteiger charge is -2.07. The first kappa shape index (κ1) is 13.1. The van der Waals surface area contributed by atoms with E-state index in [2.05, 4.69) is 0 Å². The van der Waals surface area contributed by atoms with Crippen LogP contribution in [0, 0.1) is 11.6 Å². The molecule has 88 valence electrons. The minimum absolute atomic E-state index is 0.287. The molecule has 1 rings (SSSR count). The zero-order valence-corrected chi connectivity index (χ0v) is 9.21. The number of halogens is 2. The Morgan fingerprint density at radius 1 is 1.12 bits per heavy atom. The summed E-state index contributed by atoms with van der Waals surface area (Å²) in [4.78, 5) is 0. The molecule has 2 N–H and O–H groups in total. The number of unbranched alkanes of at least 4 members (excludes halogenated alkanes) is 2. The van der Waals surface area contributed by atoms with Crippen molar-refractivity contribution in [3.8, 4) is 0 Å². The number of rotatable bonds is 5. The largest absolute Gasteiger partial charge is 0.491 e. The Morgan fingerprint density at radius 2 is 1.81 bits per heavy atom. The van der Waals surface area contributed by atoms with Gasteiger partial charge in [-0.25, -0.2) is 8.78 Å². The van der Waals surface area contributed by atoms with E-state index in [9.17, 15) is 8.78 Å². The fourth-order valence-electron chi connectivity index (χ4n) is 1.56. The van der Waals surface area contributed by atoms with E-state index in [0.717, 1.165) is 19.3 Å². The van der Waals surface area contributed by atoms with Crippen molar-refractivity contribution in [2.45, 2.75) is 32.6 Å². The second-order valence-electron chi connectivity index (χ2n) is 3.77. The van der Waals surface area contributed by atoms with Crippen molar-refractivity contribution >= 4 is 12.6 Å². The van der Waals surface area contributed by atoms with Crippen LogP contribution < -0.4 is 5.46 Å². The Kier molecular flexibility index (Phi) is 4.89. The van der Waals surface area contributed by atoms with Gasteiger partial charge in [0.2, 0.25) is 0 Å². The molecule has 1 aromatic rings. The summed E-state index contributed by atoms with van der Waals surface area (Å²) < 4.78 is 26.8. The molecule has 0 spiro atoms. The summed E-state index contributed by atoms with van der Waals surface area (Å²) in [6.07, 6.45) is 3.25. The zero-order chi connectivity index (χ0) is 12.1. The normalized spacial score (nSPS) is 10.6. The fourth-order valence-corrected chi connectivity index (χ4v) is 1.56. The van der Waals surface area contributed by atoms with E-state index < -0.39 is 24.2 Å². The smallest absolute Gasteiger partial charge is 0.423 e. The van der Waals surface area contributed by atoms with E-state index in [1.54, 1.807) is 0 Å². The molecule has 0 aliphatic carbocycles. The summed E-state index contributed by atoms with van der Waals surface area (Å²) in [6.45, 7) is 2.03. The van der Waals surface area contributed by atoms with Gasteiger partial charge in [0.05, 0.1) is 0 Å². The van der Waals surface area contributed by atoms with Crippen LogP contribution in [-0.2, 0) is 6.42 Å². The van der Waals surface area contributed by atoms with Gasteiger partial charge in [0, 0.05) is 5.46 Å². The SMILES string of the molecule is CCCCCc1ccc(B(O)O)c(F)c1F. The van der Waals surface area contributed by atoms with Gasteiger partial charge in [-0.05, 0) is 18.4 Å². The fraction of sp³-hybridized carbons (Fsp3) is 0.455. The van der Waals surface area contributed by atoms with Gasteiger partial charge in [0.1, 0.15) is 0 Å². The first-order valence-electron chi connectivity index (χ1n) is 5.40. The van der Waals surface area contributed by atoms with E-state index in [0.29, 0.717) is 6.42 Å². The highest BCUT2D eigenvalue weighted by Crippen LogP contribution is 2.13. The van der Waals surface area contributed by atoms with Crippen molar-refractivity contribution in [3.05, 3.63) is 29.3 Å². The third-order valence-corrected chi connectivity index (χ3v) is 2.52. The van der Waals surface area contributed by atoms with Crippen LogP contribution in [0.3, 0.4) is 0 Å². The summed E-state index contributed by atoms with van der Waals surface area (Å²) >= 11 is 0. The summed E-state index contributed by atoms with van der Waals surface area (Å²) in [5.74, 6) is -2.13. The maximum Gasteiger partial charge on any atom is 0.491 e. The molecular weight excluding hydrogens is 213 g/mol. The molecule has 0 aliphatic rings. The summed E-state index contributed by atoms with van der Waals surface area (Å²) in [5.41, 5.74) is -0.132. The van der Waals surface area contributed by atoms with Gasteiger partial charge in [-0.1, -0.05) is 31.9 Å². The van der Waals surface area contributed by atoms with Gasteiger partial charge >= 0.3 is 7.12 Å². The van der Waals surface area contributed by atoms with Gasteiger partial charge < -0.3 is 10.0 Å². The third kappa shape index (κ3) is 3.03. The molecule has 0 fully saturated rings. The molecule has 0 atom stereocenters. The zero-order valence-electron chi connectivity index (χ0n) is 9.21. The standard InChI is InChI=1S/C11H15BF2O2/c1-2-3-4-5-8-6-7-9(12(15)16)11(14)10(8)13/h6-7,15-16H,2-5H2,1H3. The average molecular weight is 228 g/mol. The van der Waals surface area contributed by atoms with Crippen LogP contribution >= 0.6 is 0 Å². The molecule has 2 nitrogen and oxygen atoms in total. The lowest BCUT2D eigenvalue weighted by atomic mass is 9.79. The maximum absolute atomic E-state index is 13.5. The number of hydrogen-bond acceptors (Lipinski definition) is 2. The van der Waals surface area contributed by atoms with Crippen LogP contribution in [0.1, 0.15) is 31.7 Å². The topological polar surface area (TPSA) is 40.5 Å². The van der Waals surface area contributed by atoms with Crippen LogP contribution in [0.2, 0.25) is 0 Å². The number of aryl methyl sites for hydroxylation is 1. The second-order valence-corrected chi connectivity index (χ2v) is 3.77. The maximum atomic E-state index is 13.5. The molecule has 1 aromatic carbocycles. The molecule has 0 heterocycles. The van der Waals surface area contributed by atoms with E-state index in [1.807, 2.05) is 6.92 Å². The van der Waals surface area contributed by atoms with E-state index in [-0.39, 0.29) is 5.56 Å². The van der Waals surface area contributed by atoms with Gasteiger partial charge in [0.15, 0.2) is 11.6 Å². The van der Waals surface area contributed by atoms with Crippen molar-refractivity contribution in [3.63, 3.8) is 0 Å². The van der Waals surface area contributed by atoms with Crippen LogP contribution in [-0.4, -0.2) is 17.2 Å². The van der Waals surface area contributed by atoms with Crippen molar-refractivity contribution in [2.75, 3.05) is 0 Å². The minimum Gasteiger partial charge on any atom is -0.423 e. The van der Waals surface area contributed by atoms with Gasteiger partial charge in [-0.15, -0.1) is 0 Å². The van der Waals surface area contributed by atoms with Gasteiger partial charge in [-0.2, -0.15) is 0 Å². The molecule has 0 aliphatic heterocycles. The average Bonchev–Trinajstić information content (AvgIpc) is 2.24. The lowest BCUT2D eigenvalue weighted by Crippen LogP contribution is -2.33. The summed E-state index contributed by atoms with van der Waals surface area (Å²) in [7, 11) is -1.97. The molecule has 0 saturated carbocycles. The van der Waals surface area contributed by atoms with E-state index in [1.165, 1.54) is 12.1 Å².